The minimum atomic E-state index is -0.522. The third-order valence-electron chi connectivity index (χ3n) is 3.42. The third kappa shape index (κ3) is 1.72. The Bertz CT molecular complexity index is 450. The Kier molecular flexibility index (Phi) is 2.93. The zero-order chi connectivity index (χ0) is 12.5. The normalized spacial score (nSPS) is 16.8. The van der Waals surface area contributed by atoms with Gasteiger partial charge in [-0.2, -0.15) is 9.65 Å². The molecule has 0 unspecified atom stereocenters. The Balaban J connectivity index is 2.52. The van der Waals surface area contributed by atoms with Gasteiger partial charge in [-0.1, -0.05) is 0 Å². The zero-order valence-corrected chi connectivity index (χ0v) is 9.92. The molecule has 0 bridgehead atoms. The maximum Gasteiger partial charge on any atom is 0.206 e. The molecule has 90 valence electrons. The molecule has 4 heteroatoms. The van der Waals surface area contributed by atoms with Crippen molar-refractivity contribution >= 4 is 0 Å². The van der Waals surface area contributed by atoms with E-state index in [-0.39, 0.29) is 11.5 Å². The van der Waals surface area contributed by atoms with Crippen molar-refractivity contribution in [3.63, 3.8) is 0 Å². The topological polar surface area (TPSA) is 42.2 Å². The summed E-state index contributed by atoms with van der Waals surface area (Å²) in [6.45, 7) is 0. The van der Waals surface area contributed by atoms with Crippen LogP contribution in [0.4, 0.5) is 4.39 Å². The minimum Gasteiger partial charge on any atom is -0.494 e. The lowest BCUT2D eigenvalue weighted by Gasteiger charge is -2.36. The van der Waals surface area contributed by atoms with Crippen LogP contribution in [0, 0.1) is 17.1 Å². The molecule has 0 saturated heterocycles. The minimum absolute atomic E-state index is 0.126. The summed E-state index contributed by atoms with van der Waals surface area (Å²) in [7, 11) is 2.81. The number of nitriles is 1. The van der Waals surface area contributed by atoms with Crippen molar-refractivity contribution in [2.24, 2.45) is 0 Å². The molecule has 1 aromatic rings. The number of ether oxygens (including phenoxy) is 2. The lowest BCUT2D eigenvalue weighted by molar-refractivity contribution is 0.313. The standard InChI is InChI=1S/C13H14FNO2/c1-16-10-6-9(7-11(17-2)12(10)14)13(8-15)4-3-5-13/h6-7H,3-5H2,1-2H3. The SMILES string of the molecule is COc1cc(C2(C#N)CCC2)cc(OC)c1F. The summed E-state index contributed by atoms with van der Waals surface area (Å²) in [4.78, 5) is 0. The molecule has 1 fully saturated rings. The summed E-state index contributed by atoms with van der Waals surface area (Å²) in [6, 6.07) is 5.51. The first-order chi connectivity index (χ1) is 8.16. The van der Waals surface area contributed by atoms with Crippen LogP contribution < -0.4 is 9.47 Å². The van der Waals surface area contributed by atoms with Crippen molar-refractivity contribution < 1.29 is 13.9 Å². The fourth-order valence-corrected chi connectivity index (χ4v) is 2.14. The Morgan fingerprint density at radius 3 is 2.06 bits per heavy atom. The van der Waals surface area contributed by atoms with Crippen LogP contribution in [0.15, 0.2) is 12.1 Å². The zero-order valence-electron chi connectivity index (χ0n) is 9.92. The van der Waals surface area contributed by atoms with Crippen LogP contribution in [0.25, 0.3) is 0 Å². The van der Waals surface area contributed by atoms with Crippen molar-refractivity contribution in [2.45, 2.75) is 24.7 Å². The lowest BCUT2D eigenvalue weighted by Crippen LogP contribution is -2.32. The van der Waals surface area contributed by atoms with Crippen molar-refractivity contribution in [1.29, 1.82) is 5.26 Å². The van der Waals surface area contributed by atoms with Gasteiger partial charge in [0, 0.05) is 0 Å². The first-order valence-corrected chi connectivity index (χ1v) is 5.50. The Morgan fingerprint density at radius 2 is 1.76 bits per heavy atom. The molecule has 3 nitrogen and oxygen atoms in total. The highest BCUT2D eigenvalue weighted by atomic mass is 19.1. The Morgan fingerprint density at radius 1 is 1.24 bits per heavy atom. The van der Waals surface area contributed by atoms with Crippen LogP contribution >= 0.6 is 0 Å². The molecule has 1 saturated carbocycles. The third-order valence-corrected chi connectivity index (χ3v) is 3.42. The molecular formula is C13H14FNO2. The summed E-state index contributed by atoms with van der Waals surface area (Å²) >= 11 is 0. The molecule has 17 heavy (non-hydrogen) atoms. The summed E-state index contributed by atoms with van der Waals surface area (Å²) in [5, 5.41) is 9.26. The number of rotatable bonds is 3. The van der Waals surface area contributed by atoms with Gasteiger partial charge >= 0.3 is 0 Å². The van der Waals surface area contributed by atoms with E-state index < -0.39 is 11.2 Å². The van der Waals surface area contributed by atoms with Gasteiger partial charge in [-0.15, -0.1) is 0 Å². The molecule has 0 atom stereocenters. The van der Waals surface area contributed by atoms with Crippen molar-refractivity contribution in [1.82, 2.24) is 0 Å². The van der Waals surface area contributed by atoms with Gasteiger partial charge in [0.2, 0.25) is 5.82 Å². The molecule has 1 aliphatic rings. The van der Waals surface area contributed by atoms with Gasteiger partial charge < -0.3 is 9.47 Å². The molecule has 0 N–H and O–H groups in total. The van der Waals surface area contributed by atoms with Crippen LogP contribution in [0.1, 0.15) is 24.8 Å². The molecule has 1 aliphatic carbocycles. The highest BCUT2D eigenvalue weighted by molar-refractivity contribution is 5.47. The number of hydrogen-bond donors (Lipinski definition) is 0. The second kappa shape index (κ2) is 4.25. The average molecular weight is 235 g/mol. The first kappa shape index (κ1) is 11.7. The Hall–Kier alpha value is -1.76. The van der Waals surface area contributed by atoms with Gasteiger partial charge in [-0.05, 0) is 37.0 Å². The van der Waals surface area contributed by atoms with Crippen LogP contribution in [0.5, 0.6) is 11.5 Å². The molecule has 0 spiro atoms. The molecule has 0 aromatic heterocycles. The second-order valence-electron chi connectivity index (χ2n) is 4.24. The van der Waals surface area contributed by atoms with E-state index >= 15 is 0 Å². The van der Waals surface area contributed by atoms with Crippen LogP contribution in [0.2, 0.25) is 0 Å². The number of benzene rings is 1. The van der Waals surface area contributed by atoms with Crippen LogP contribution in [-0.2, 0) is 5.41 Å². The number of halogens is 1. The average Bonchev–Trinajstić information content (AvgIpc) is 2.30. The van der Waals surface area contributed by atoms with E-state index in [0.29, 0.717) is 0 Å². The molecule has 0 radical (unpaired) electrons. The van der Waals surface area contributed by atoms with Gasteiger partial charge in [0.05, 0.1) is 25.7 Å². The van der Waals surface area contributed by atoms with Gasteiger partial charge in [-0.25, -0.2) is 0 Å². The molecule has 0 aliphatic heterocycles. The van der Waals surface area contributed by atoms with E-state index in [9.17, 15) is 9.65 Å². The number of methoxy groups -OCH3 is 2. The van der Waals surface area contributed by atoms with E-state index in [0.717, 1.165) is 24.8 Å². The van der Waals surface area contributed by atoms with Crippen LogP contribution in [0.3, 0.4) is 0 Å². The summed E-state index contributed by atoms with van der Waals surface area (Å²) in [5.74, 6) is -0.270. The fraction of sp³-hybridized carbons (Fsp3) is 0.462. The summed E-state index contributed by atoms with van der Waals surface area (Å²) in [6.07, 6.45) is 2.64. The van der Waals surface area contributed by atoms with Gasteiger partial charge in [0.1, 0.15) is 0 Å². The molecule has 0 amide bonds. The monoisotopic (exact) mass is 235 g/mol. The van der Waals surface area contributed by atoms with E-state index in [1.54, 1.807) is 12.1 Å². The van der Waals surface area contributed by atoms with Crippen molar-refractivity contribution in [3.05, 3.63) is 23.5 Å². The highest BCUT2D eigenvalue weighted by Gasteiger charge is 2.40. The van der Waals surface area contributed by atoms with E-state index in [4.69, 9.17) is 9.47 Å². The highest BCUT2D eigenvalue weighted by Crippen LogP contribution is 2.45. The van der Waals surface area contributed by atoms with E-state index in [1.165, 1.54) is 14.2 Å². The van der Waals surface area contributed by atoms with Gasteiger partial charge in [-0.3, -0.25) is 0 Å². The predicted octanol–water partition coefficient (Wildman–Crippen LogP) is 2.79. The van der Waals surface area contributed by atoms with Gasteiger partial charge in [0.25, 0.3) is 0 Å². The first-order valence-electron chi connectivity index (χ1n) is 5.50. The van der Waals surface area contributed by atoms with E-state index in [1.807, 2.05) is 0 Å². The molecule has 2 rings (SSSR count). The summed E-state index contributed by atoms with van der Waals surface area (Å²) < 4.78 is 23.7. The molecule has 1 aromatic carbocycles. The lowest BCUT2D eigenvalue weighted by atomic mass is 9.65. The number of hydrogen-bond acceptors (Lipinski definition) is 3. The molecular weight excluding hydrogens is 221 g/mol. The van der Waals surface area contributed by atoms with E-state index in [2.05, 4.69) is 6.07 Å². The fourth-order valence-electron chi connectivity index (χ4n) is 2.14. The van der Waals surface area contributed by atoms with Crippen molar-refractivity contribution in [2.75, 3.05) is 14.2 Å². The summed E-state index contributed by atoms with van der Waals surface area (Å²) in [5.41, 5.74) is 0.287. The maximum absolute atomic E-state index is 13.7. The second-order valence-corrected chi connectivity index (χ2v) is 4.24. The maximum atomic E-state index is 13.7. The number of nitrogens with zero attached hydrogens (tertiary/aromatic N) is 1. The quantitative estimate of drug-likeness (QED) is 0.809. The van der Waals surface area contributed by atoms with Gasteiger partial charge in [0.15, 0.2) is 11.5 Å². The predicted molar refractivity (Wildman–Crippen MR) is 60.6 cm³/mol. The largest absolute Gasteiger partial charge is 0.494 e. The Labute approximate surface area is 99.8 Å². The molecule has 0 heterocycles. The van der Waals surface area contributed by atoms with Crippen LogP contribution in [-0.4, -0.2) is 14.2 Å². The van der Waals surface area contributed by atoms with Crippen molar-refractivity contribution in [3.8, 4) is 17.6 Å². The smallest absolute Gasteiger partial charge is 0.206 e.